The summed E-state index contributed by atoms with van der Waals surface area (Å²) in [6, 6.07) is 5.81. The number of halogens is 1. The van der Waals surface area contributed by atoms with Gasteiger partial charge < -0.3 is 24.8 Å². The fraction of sp³-hybridized carbons (Fsp3) is 0.467. The molecule has 0 unspecified atom stereocenters. The third kappa shape index (κ3) is 6.35. The number of anilines is 1. The summed E-state index contributed by atoms with van der Waals surface area (Å²) in [7, 11) is 0. The van der Waals surface area contributed by atoms with Crippen LogP contribution < -0.4 is 15.0 Å². The third-order valence-corrected chi connectivity index (χ3v) is 7.35. The molecule has 1 amide bonds. The van der Waals surface area contributed by atoms with Crippen LogP contribution in [0.2, 0.25) is 0 Å². The number of aromatic nitrogens is 3. The molecule has 1 atom stereocenters. The number of allylic oxidation sites excluding steroid dienone is 1. The number of aryl methyl sites for hydroxylation is 1. The number of carboxylic acid groups (broad SMARTS) is 1. The predicted octanol–water partition coefficient (Wildman–Crippen LogP) is 4.60. The van der Waals surface area contributed by atoms with E-state index in [0.29, 0.717) is 53.0 Å². The van der Waals surface area contributed by atoms with Crippen LogP contribution in [-0.4, -0.2) is 56.9 Å². The number of aliphatic carboxylic acids is 1. The number of carbonyl (C=O) groups is 2. The number of nitrogens with one attached hydrogen (secondary N) is 1. The maximum Gasteiger partial charge on any atom is 0.337 e. The summed E-state index contributed by atoms with van der Waals surface area (Å²) in [5.41, 5.74) is 1.38. The number of hydrogen-bond acceptors (Lipinski definition) is 7. The molecule has 10 nitrogen and oxygen atoms in total. The van der Waals surface area contributed by atoms with Gasteiger partial charge in [0.05, 0.1) is 11.2 Å². The molecule has 218 valence electrons. The molecule has 6 rings (SSSR count). The Labute approximate surface area is 238 Å². The minimum Gasteiger partial charge on any atom is -0.489 e. The number of piperidine rings is 1. The molecule has 1 fully saturated rings. The summed E-state index contributed by atoms with van der Waals surface area (Å²) in [6.45, 7) is 8.94. The number of carbonyl (C=O) groups excluding carboxylic acids is 1. The fourth-order valence-electron chi connectivity index (χ4n) is 5.37. The minimum atomic E-state index is -1.28. The van der Waals surface area contributed by atoms with Gasteiger partial charge in [-0.1, -0.05) is 18.2 Å². The zero-order chi connectivity index (χ0) is 29.3. The Hall–Kier alpha value is -3.99. The Kier molecular flexibility index (Phi) is 7.99. The Balaban J connectivity index is 1.61. The maximum absolute atomic E-state index is 14.0. The zero-order valence-electron chi connectivity index (χ0n) is 23.8. The van der Waals surface area contributed by atoms with Gasteiger partial charge in [0.2, 0.25) is 0 Å². The van der Waals surface area contributed by atoms with Gasteiger partial charge in [-0.3, -0.25) is 4.79 Å². The van der Waals surface area contributed by atoms with Crippen molar-refractivity contribution in [2.24, 2.45) is 5.92 Å². The third-order valence-electron chi connectivity index (χ3n) is 7.35. The van der Waals surface area contributed by atoms with E-state index in [1.807, 2.05) is 26.8 Å². The topological polar surface area (TPSA) is 118 Å². The molecule has 11 heteroatoms. The number of nitrogens with zero attached hydrogens (tertiary/aromatic N) is 4. The molecular weight excluding hydrogens is 529 g/mol. The first-order valence-corrected chi connectivity index (χ1v) is 13.9. The fourth-order valence-corrected chi connectivity index (χ4v) is 5.37. The van der Waals surface area contributed by atoms with E-state index in [1.54, 1.807) is 23.6 Å². The highest BCUT2D eigenvalue weighted by molar-refractivity contribution is 5.93. The zero-order valence-corrected chi connectivity index (χ0v) is 23.8. The number of fused-ring (bicyclic) bond motifs is 7. The van der Waals surface area contributed by atoms with Gasteiger partial charge in [0, 0.05) is 43.0 Å². The smallest absolute Gasteiger partial charge is 0.337 e. The van der Waals surface area contributed by atoms with Gasteiger partial charge in [-0.2, -0.15) is 9.61 Å². The van der Waals surface area contributed by atoms with Crippen molar-refractivity contribution in [1.29, 1.82) is 0 Å². The second kappa shape index (κ2) is 11.5. The van der Waals surface area contributed by atoms with Gasteiger partial charge in [-0.05, 0) is 58.9 Å². The lowest BCUT2D eigenvalue weighted by molar-refractivity contribution is -0.160. The lowest BCUT2D eigenvalue weighted by Gasteiger charge is -2.36. The van der Waals surface area contributed by atoms with Gasteiger partial charge in [0.25, 0.3) is 5.91 Å². The average Bonchev–Trinajstić information content (AvgIpc) is 3.33. The van der Waals surface area contributed by atoms with Crippen LogP contribution in [0, 0.1) is 18.7 Å². The summed E-state index contributed by atoms with van der Waals surface area (Å²) in [5.74, 6) is -0.616. The average molecular weight is 566 g/mol. The van der Waals surface area contributed by atoms with Crippen LogP contribution in [0.5, 0.6) is 5.75 Å². The molecule has 3 aliphatic rings. The van der Waals surface area contributed by atoms with Crippen LogP contribution in [0.25, 0.3) is 5.65 Å². The van der Waals surface area contributed by atoms with Gasteiger partial charge in [-0.15, -0.1) is 0 Å². The molecule has 1 aromatic carbocycles. The summed E-state index contributed by atoms with van der Waals surface area (Å²) in [5, 5.41) is 17.7. The normalized spacial score (nSPS) is 18.4. The lowest BCUT2D eigenvalue weighted by atomic mass is 9.93. The van der Waals surface area contributed by atoms with Crippen molar-refractivity contribution in [3.05, 3.63) is 64.7 Å². The number of ether oxygens (including phenoxy) is 2. The summed E-state index contributed by atoms with van der Waals surface area (Å²) in [4.78, 5) is 32.6. The molecule has 0 aliphatic carbocycles. The highest BCUT2D eigenvalue weighted by atomic mass is 19.1. The van der Waals surface area contributed by atoms with Gasteiger partial charge in [-0.25, -0.2) is 14.2 Å². The van der Waals surface area contributed by atoms with E-state index in [2.05, 4.69) is 26.4 Å². The Bertz CT molecular complexity index is 1490. The molecule has 0 saturated carbocycles. The summed E-state index contributed by atoms with van der Waals surface area (Å²) >= 11 is 0. The second-order valence-electron chi connectivity index (χ2n) is 11.6. The standard InChI is InChI=1S/C30H36FN5O5/c1-18-25(26(29(38)39)41-30(2,3)4)28-35-12-10-19(11-13-35)7-5-6-14-40-23-15-21(31)9-8-20(23)17-32-27(37)22-16-24(33-18)36(28)34-22/h5-6,8-9,15-16,19,26H,7,10-14,17H2,1-4H3,(H,32,37)(H,38,39)/b6-5-/t26-/m0/s1. The van der Waals surface area contributed by atoms with E-state index < -0.39 is 29.4 Å². The van der Waals surface area contributed by atoms with Crippen molar-refractivity contribution in [2.45, 2.75) is 65.2 Å². The SMILES string of the molecule is Cc1nc2cc3nn2c(c1[C@H](OC(C)(C)C)C(=O)O)N1CCC(C/C=C\COc2cc(F)ccc2CNC3=O)CC1. The quantitative estimate of drug-likeness (QED) is 0.443. The number of carboxylic acids is 1. The van der Waals surface area contributed by atoms with E-state index in [1.165, 1.54) is 12.1 Å². The molecule has 4 bridgehead atoms. The Morgan fingerprint density at radius 1 is 1.22 bits per heavy atom. The molecule has 0 radical (unpaired) electrons. The number of amides is 1. The molecule has 0 spiro atoms. The van der Waals surface area contributed by atoms with Crippen LogP contribution in [0.15, 0.2) is 36.4 Å². The van der Waals surface area contributed by atoms with E-state index in [4.69, 9.17) is 9.47 Å². The van der Waals surface area contributed by atoms with E-state index >= 15 is 0 Å². The molecule has 2 aromatic heterocycles. The molecule has 2 N–H and O–H groups in total. The van der Waals surface area contributed by atoms with Crippen LogP contribution >= 0.6 is 0 Å². The number of benzene rings is 1. The lowest BCUT2D eigenvalue weighted by Crippen LogP contribution is -2.37. The monoisotopic (exact) mass is 565 g/mol. The molecule has 5 heterocycles. The molecule has 3 aromatic rings. The van der Waals surface area contributed by atoms with Crippen molar-refractivity contribution < 1.29 is 28.6 Å². The molecule has 1 saturated heterocycles. The maximum atomic E-state index is 14.0. The first kappa shape index (κ1) is 28.5. The molecular formula is C30H36FN5O5. The van der Waals surface area contributed by atoms with Crippen molar-refractivity contribution >= 4 is 23.3 Å². The summed E-state index contributed by atoms with van der Waals surface area (Å²) < 4.78 is 27.4. The van der Waals surface area contributed by atoms with Crippen molar-refractivity contribution in [1.82, 2.24) is 19.9 Å². The number of rotatable bonds is 3. The van der Waals surface area contributed by atoms with Crippen LogP contribution in [-0.2, 0) is 16.1 Å². The van der Waals surface area contributed by atoms with Crippen LogP contribution in [0.4, 0.5) is 10.2 Å². The van der Waals surface area contributed by atoms with E-state index in [-0.39, 0.29) is 18.8 Å². The van der Waals surface area contributed by atoms with Gasteiger partial charge in [0.15, 0.2) is 17.4 Å². The largest absolute Gasteiger partial charge is 0.489 e. The number of hydrogen-bond donors (Lipinski definition) is 2. The Morgan fingerprint density at radius 2 is 1.98 bits per heavy atom. The van der Waals surface area contributed by atoms with Crippen LogP contribution in [0.3, 0.4) is 0 Å². The second-order valence-corrected chi connectivity index (χ2v) is 11.6. The van der Waals surface area contributed by atoms with Gasteiger partial charge >= 0.3 is 5.97 Å². The van der Waals surface area contributed by atoms with E-state index in [9.17, 15) is 19.1 Å². The summed E-state index contributed by atoms with van der Waals surface area (Å²) in [6.07, 6.45) is 5.38. The van der Waals surface area contributed by atoms with E-state index in [0.717, 1.165) is 19.3 Å². The highest BCUT2D eigenvalue weighted by Crippen LogP contribution is 2.37. The van der Waals surface area contributed by atoms with Crippen LogP contribution in [0.1, 0.15) is 73.4 Å². The molecule has 3 aliphatic heterocycles. The first-order chi connectivity index (χ1) is 19.5. The predicted molar refractivity (Wildman–Crippen MR) is 151 cm³/mol. The van der Waals surface area contributed by atoms with Crippen molar-refractivity contribution in [3.63, 3.8) is 0 Å². The minimum absolute atomic E-state index is 0.102. The first-order valence-electron chi connectivity index (χ1n) is 13.9. The molecule has 41 heavy (non-hydrogen) atoms. The Morgan fingerprint density at radius 3 is 2.68 bits per heavy atom. The highest BCUT2D eigenvalue weighted by Gasteiger charge is 2.35. The van der Waals surface area contributed by atoms with Crippen molar-refractivity contribution in [2.75, 3.05) is 24.6 Å². The van der Waals surface area contributed by atoms with Gasteiger partial charge in [0.1, 0.15) is 24.0 Å². The van der Waals surface area contributed by atoms with Crippen molar-refractivity contribution in [3.8, 4) is 5.75 Å².